The van der Waals surface area contributed by atoms with Crippen LogP contribution >= 0.6 is 0 Å². The second kappa shape index (κ2) is 4.56. The molecule has 2 rings (SSSR count). The SMILES string of the molecule is Fc1ccc(-c2cc(C(F)(F)F)c(F)cn2)c(F)c1. The Morgan fingerprint density at radius 1 is 0.895 bits per heavy atom. The highest BCUT2D eigenvalue weighted by Crippen LogP contribution is 2.33. The van der Waals surface area contributed by atoms with Crippen LogP contribution in [0.5, 0.6) is 0 Å². The molecule has 0 aliphatic carbocycles. The van der Waals surface area contributed by atoms with Gasteiger partial charge in [-0.3, -0.25) is 4.98 Å². The van der Waals surface area contributed by atoms with Crippen LogP contribution in [0.2, 0.25) is 0 Å². The van der Waals surface area contributed by atoms with Gasteiger partial charge in [-0.15, -0.1) is 0 Å². The Labute approximate surface area is 103 Å². The van der Waals surface area contributed by atoms with Crippen molar-refractivity contribution in [2.24, 2.45) is 0 Å². The monoisotopic (exact) mass is 277 g/mol. The minimum Gasteiger partial charge on any atom is -0.253 e. The van der Waals surface area contributed by atoms with Gasteiger partial charge in [0.2, 0.25) is 0 Å². The summed E-state index contributed by atoms with van der Waals surface area (Å²) in [5, 5.41) is 0. The van der Waals surface area contributed by atoms with Crippen LogP contribution in [0.4, 0.5) is 26.3 Å². The van der Waals surface area contributed by atoms with E-state index < -0.39 is 34.9 Å². The Balaban J connectivity index is 2.58. The molecule has 100 valence electrons. The lowest BCUT2D eigenvalue weighted by Crippen LogP contribution is -2.09. The summed E-state index contributed by atoms with van der Waals surface area (Å²) in [5.74, 6) is -3.51. The molecule has 0 bridgehead atoms. The van der Waals surface area contributed by atoms with Crippen molar-refractivity contribution in [1.29, 1.82) is 0 Å². The van der Waals surface area contributed by atoms with Crippen LogP contribution in [0.25, 0.3) is 11.3 Å². The third kappa shape index (κ3) is 2.69. The first-order valence-electron chi connectivity index (χ1n) is 4.97. The molecule has 0 aliphatic heterocycles. The predicted octanol–water partition coefficient (Wildman–Crippen LogP) is 4.18. The minimum atomic E-state index is -4.92. The van der Waals surface area contributed by atoms with Crippen molar-refractivity contribution in [3.63, 3.8) is 0 Å². The van der Waals surface area contributed by atoms with Gasteiger partial charge >= 0.3 is 6.18 Å². The van der Waals surface area contributed by atoms with Crippen LogP contribution in [0.3, 0.4) is 0 Å². The number of hydrogen-bond donors (Lipinski definition) is 0. The molecule has 1 heterocycles. The van der Waals surface area contributed by atoms with Crippen molar-refractivity contribution in [3.05, 3.63) is 53.5 Å². The summed E-state index contributed by atoms with van der Waals surface area (Å²) in [6.45, 7) is 0. The third-order valence-electron chi connectivity index (χ3n) is 2.37. The van der Waals surface area contributed by atoms with Crippen LogP contribution < -0.4 is 0 Å². The summed E-state index contributed by atoms with van der Waals surface area (Å²) < 4.78 is 76.6. The molecular formula is C12H5F6N. The van der Waals surface area contributed by atoms with Gasteiger partial charge in [0.1, 0.15) is 11.6 Å². The molecule has 0 saturated heterocycles. The molecule has 0 radical (unpaired) electrons. The molecule has 0 atom stereocenters. The van der Waals surface area contributed by atoms with E-state index >= 15 is 0 Å². The fourth-order valence-corrected chi connectivity index (χ4v) is 1.50. The number of nitrogens with zero attached hydrogens (tertiary/aromatic N) is 1. The first kappa shape index (κ1) is 13.4. The van der Waals surface area contributed by atoms with Crippen LogP contribution in [0, 0.1) is 17.5 Å². The fraction of sp³-hybridized carbons (Fsp3) is 0.0833. The number of hydrogen-bond acceptors (Lipinski definition) is 1. The Bertz CT molecular complexity index is 620. The summed E-state index contributed by atoms with van der Waals surface area (Å²) in [6.07, 6.45) is -4.57. The topological polar surface area (TPSA) is 12.9 Å². The minimum absolute atomic E-state index is 0.341. The number of benzene rings is 1. The molecule has 0 spiro atoms. The zero-order valence-electron chi connectivity index (χ0n) is 9.10. The summed E-state index contributed by atoms with van der Waals surface area (Å²) in [5.41, 5.74) is -2.32. The molecule has 0 amide bonds. The predicted molar refractivity (Wildman–Crippen MR) is 54.5 cm³/mol. The zero-order chi connectivity index (χ0) is 14.2. The van der Waals surface area contributed by atoms with E-state index in [1.165, 1.54) is 0 Å². The van der Waals surface area contributed by atoms with E-state index in [1.54, 1.807) is 0 Å². The van der Waals surface area contributed by atoms with E-state index in [0.29, 0.717) is 18.3 Å². The van der Waals surface area contributed by atoms with Gasteiger partial charge in [-0.25, -0.2) is 13.2 Å². The fourth-order valence-electron chi connectivity index (χ4n) is 1.50. The summed E-state index contributed by atoms with van der Waals surface area (Å²) in [4.78, 5) is 3.38. The second-order valence-corrected chi connectivity index (χ2v) is 3.67. The molecule has 0 aliphatic rings. The van der Waals surface area contributed by atoms with E-state index in [-0.39, 0.29) is 5.56 Å². The maximum Gasteiger partial charge on any atom is 0.419 e. The van der Waals surface area contributed by atoms with Gasteiger partial charge in [0, 0.05) is 11.6 Å². The average Bonchev–Trinajstić information content (AvgIpc) is 2.29. The van der Waals surface area contributed by atoms with Crippen molar-refractivity contribution >= 4 is 0 Å². The number of rotatable bonds is 1. The Hall–Kier alpha value is -2.05. The van der Waals surface area contributed by atoms with Crippen molar-refractivity contribution in [2.45, 2.75) is 6.18 Å². The smallest absolute Gasteiger partial charge is 0.253 e. The molecule has 7 heteroatoms. The van der Waals surface area contributed by atoms with Crippen molar-refractivity contribution in [2.75, 3.05) is 0 Å². The van der Waals surface area contributed by atoms with Crippen LogP contribution in [-0.4, -0.2) is 4.98 Å². The van der Waals surface area contributed by atoms with E-state index in [0.717, 1.165) is 12.1 Å². The van der Waals surface area contributed by atoms with Gasteiger partial charge in [0.25, 0.3) is 0 Å². The molecule has 1 aromatic carbocycles. The molecule has 0 fully saturated rings. The van der Waals surface area contributed by atoms with Gasteiger partial charge in [-0.1, -0.05) is 0 Å². The molecule has 0 saturated carbocycles. The highest BCUT2D eigenvalue weighted by atomic mass is 19.4. The average molecular weight is 277 g/mol. The van der Waals surface area contributed by atoms with Crippen molar-refractivity contribution in [1.82, 2.24) is 4.98 Å². The summed E-state index contributed by atoms with van der Waals surface area (Å²) in [6, 6.07) is 2.70. The standard InChI is InChI=1S/C12H5F6N/c13-6-1-2-7(9(14)3-6)11-4-8(12(16,17)18)10(15)5-19-11/h1-5H. The Morgan fingerprint density at radius 2 is 1.58 bits per heavy atom. The second-order valence-electron chi connectivity index (χ2n) is 3.67. The van der Waals surface area contributed by atoms with E-state index in [2.05, 4.69) is 4.98 Å². The molecule has 0 N–H and O–H groups in total. The highest BCUT2D eigenvalue weighted by molar-refractivity contribution is 5.60. The maximum absolute atomic E-state index is 13.4. The van der Waals surface area contributed by atoms with E-state index in [9.17, 15) is 26.3 Å². The van der Waals surface area contributed by atoms with E-state index in [1.807, 2.05) is 0 Å². The molecule has 1 nitrogen and oxygen atoms in total. The molecule has 2 aromatic rings. The summed E-state index contributed by atoms with van der Waals surface area (Å²) in [7, 11) is 0. The lowest BCUT2D eigenvalue weighted by atomic mass is 10.1. The lowest BCUT2D eigenvalue weighted by Gasteiger charge is -2.10. The highest BCUT2D eigenvalue weighted by Gasteiger charge is 2.34. The first-order chi connectivity index (χ1) is 8.79. The lowest BCUT2D eigenvalue weighted by molar-refractivity contribution is -0.140. The van der Waals surface area contributed by atoms with Crippen LogP contribution in [0.15, 0.2) is 30.5 Å². The number of alkyl halides is 3. The molecule has 19 heavy (non-hydrogen) atoms. The van der Waals surface area contributed by atoms with Gasteiger partial charge in [-0.2, -0.15) is 13.2 Å². The zero-order valence-corrected chi connectivity index (χ0v) is 9.10. The Morgan fingerprint density at radius 3 is 2.16 bits per heavy atom. The summed E-state index contributed by atoms with van der Waals surface area (Å²) >= 11 is 0. The van der Waals surface area contributed by atoms with Gasteiger partial charge < -0.3 is 0 Å². The van der Waals surface area contributed by atoms with Crippen molar-refractivity contribution < 1.29 is 26.3 Å². The quantitative estimate of drug-likeness (QED) is 0.712. The first-order valence-corrected chi connectivity index (χ1v) is 4.97. The number of pyridine rings is 1. The van der Waals surface area contributed by atoms with Crippen LogP contribution in [-0.2, 0) is 6.18 Å². The van der Waals surface area contributed by atoms with E-state index in [4.69, 9.17) is 0 Å². The largest absolute Gasteiger partial charge is 0.419 e. The third-order valence-corrected chi connectivity index (χ3v) is 2.37. The van der Waals surface area contributed by atoms with Gasteiger partial charge in [0.05, 0.1) is 17.5 Å². The van der Waals surface area contributed by atoms with Gasteiger partial charge in [0.15, 0.2) is 5.82 Å². The Kier molecular flexibility index (Phi) is 3.21. The molecule has 1 aromatic heterocycles. The van der Waals surface area contributed by atoms with Gasteiger partial charge in [-0.05, 0) is 18.2 Å². The number of aromatic nitrogens is 1. The number of halogens is 6. The normalized spacial score (nSPS) is 11.7. The maximum atomic E-state index is 13.4. The van der Waals surface area contributed by atoms with Crippen LogP contribution in [0.1, 0.15) is 5.56 Å². The molecule has 0 unspecified atom stereocenters. The van der Waals surface area contributed by atoms with Crippen molar-refractivity contribution in [3.8, 4) is 11.3 Å². The molecular weight excluding hydrogens is 272 g/mol.